The minimum absolute atomic E-state index is 1.20. The van der Waals surface area contributed by atoms with Crippen LogP contribution in [0.25, 0.3) is 5.57 Å². The van der Waals surface area contributed by atoms with Crippen molar-refractivity contribution in [1.29, 1.82) is 0 Å². The third kappa shape index (κ3) is 3.10. The zero-order valence-corrected chi connectivity index (χ0v) is 10.9. The molecule has 0 bridgehead atoms. The topological polar surface area (TPSA) is 0 Å². The molecular weight excluding hydrogens is 192 g/mol. The highest BCUT2D eigenvalue weighted by Gasteiger charge is 2.05. The van der Waals surface area contributed by atoms with Gasteiger partial charge in [0, 0.05) is 0 Å². The van der Waals surface area contributed by atoms with Crippen LogP contribution in [0.5, 0.6) is 0 Å². The first-order valence-electron chi connectivity index (χ1n) is 6.21. The van der Waals surface area contributed by atoms with Gasteiger partial charge < -0.3 is 0 Å². The first-order valence-corrected chi connectivity index (χ1v) is 6.21. The van der Waals surface area contributed by atoms with Crippen molar-refractivity contribution in [2.75, 3.05) is 0 Å². The fourth-order valence-corrected chi connectivity index (χ4v) is 1.93. The van der Waals surface area contributed by atoms with Crippen LogP contribution in [0.15, 0.2) is 42.0 Å². The molecule has 0 heteroatoms. The maximum atomic E-state index is 2.27. The third-order valence-electron chi connectivity index (χ3n) is 2.76. The van der Waals surface area contributed by atoms with Crippen LogP contribution in [0.1, 0.15) is 44.7 Å². The highest BCUT2D eigenvalue weighted by atomic mass is 14.1. The van der Waals surface area contributed by atoms with Gasteiger partial charge in [-0.2, -0.15) is 0 Å². The number of hydrogen-bond acceptors (Lipinski definition) is 0. The molecule has 0 radical (unpaired) electrons. The van der Waals surface area contributed by atoms with Gasteiger partial charge in [0.15, 0.2) is 0 Å². The summed E-state index contributed by atoms with van der Waals surface area (Å²) in [6.45, 7) is 8.38. The Morgan fingerprint density at radius 2 is 1.81 bits per heavy atom. The Bertz CT molecular complexity index is 394. The zero-order valence-electron chi connectivity index (χ0n) is 10.9. The first kappa shape index (κ1) is 12.8. The summed E-state index contributed by atoms with van der Waals surface area (Å²) in [6, 6.07) is 8.73. The highest BCUT2D eigenvalue weighted by Crippen LogP contribution is 2.27. The van der Waals surface area contributed by atoms with Crippen LogP contribution in [0, 0.1) is 6.92 Å². The number of hydrogen-bond donors (Lipinski definition) is 0. The van der Waals surface area contributed by atoms with Crippen LogP contribution < -0.4 is 0 Å². The van der Waals surface area contributed by atoms with Gasteiger partial charge in [-0.25, -0.2) is 0 Å². The van der Waals surface area contributed by atoms with Crippen molar-refractivity contribution in [3.8, 4) is 0 Å². The summed E-state index contributed by atoms with van der Waals surface area (Å²) in [6.07, 6.45) is 6.93. The summed E-state index contributed by atoms with van der Waals surface area (Å²) in [5, 5.41) is 0. The van der Waals surface area contributed by atoms with Crippen LogP contribution in [-0.2, 0) is 0 Å². The lowest BCUT2D eigenvalue weighted by Crippen LogP contribution is -1.91. The minimum Gasteiger partial charge on any atom is -0.0836 e. The molecule has 1 aliphatic carbocycles. The normalized spacial score (nSPS) is 14.5. The van der Waals surface area contributed by atoms with E-state index in [0.29, 0.717) is 0 Å². The summed E-state index contributed by atoms with van der Waals surface area (Å²) in [4.78, 5) is 0. The van der Waals surface area contributed by atoms with Crippen LogP contribution >= 0.6 is 0 Å². The summed E-state index contributed by atoms with van der Waals surface area (Å²) in [7, 11) is 0. The molecule has 0 nitrogen and oxygen atoms in total. The van der Waals surface area contributed by atoms with Crippen molar-refractivity contribution in [3.63, 3.8) is 0 Å². The Hall–Kier alpha value is -1.30. The minimum atomic E-state index is 1.20. The van der Waals surface area contributed by atoms with Crippen molar-refractivity contribution >= 4 is 5.57 Å². The van der Waals surface area contributed by atoms with Crippen molar-refractivity contribution < 1.29 is 0 Å². The fourth-order valence-electron chi connectivity index (χ4n) is 1.93. The van der Waals surface area contributed by atoms with Gasteiger partial charge in [-0.05, 0) is 37.8 Å². The van der Waals surface area contributed by atoms with Crippen molar-refractivity contribution in [1.82, 2.24) is 0 Å². The largest absolute Gasteiger partial charge is 0.0836 e. The Kier molecular flexibility index (Phi) is 5.04. The summed E-state index contributed by atoms with van der Waals surface area (Å²) in [5.41, 5.74) is 5.62. The molecule has 1 aliphatic rings. The molecule has 0 saturated heterocycles. The summed E-state index contributed by atoms with van der Waals surface area (Å²) >= 11 is 0. The lowest BCUT2D eigenvalue weighted by molar-refractivity contribution is 0.967. The molecule has 0 saturated carbocycles. The maximum Gasteiger partial charge on any atom is -0.0182 e. The molecular formula is C16H22. The van der Waals surface area contributed by atoms with Gasteiger partial charge >= 0.3 is 0 Å². The van der Waals surface area contributed by atoms with Gasteiger partial charge in [-0.3, -0.25) is 0 Å². The number of aryl methyl sites for hydroxylation is 1. The number of rotatable bonds is 1. The fraction of sp³-hybridized carbons (Fsp3) is 0.375. The van der Waals surface area contributed by atoms with E-state index in [1.165, 1.54) is 35.1 Å². The first-order chi connectivity index (χ1) is 7.77. The van der Waals surface area contributed by atoms with Crippen LogP contribution in [0.3, 0.4) is 0 Å². The average Bonchev–Trinajstić information content (AvgIpc) is 2.32. The van der Waals surface area contributed by atoms with Crippen LogP contribution in [0.2, 0.25) is 0 Å². The molecule has 1 aromatic carbocycles. The van der Waals surface area contributed by atoms with Gasteiger partial charge in [-0.15, -0.1) is 0 Å². The van der Waals surface area contributed by atoms with E-state index >= 15 is 0 Å². The molecule has 2 rings (SSSR count). The smallest absolute Gasteiger partial charge is 0.0182 e. The summed E-state index contributed by atoms with van der Waals surface area (Å²) in [5.74, 6) is 0. The molecule has 0 fully saturated rings. The van der Waals surface area contributed by atoms with Crippen molar-refractivity contribution in [2.24, 2.45) is 0 Å². The van der Waals surface area contributed by atoms with Gasteiger partial charge in [0.05, 0.1) is 0 Å². The lowest BCUT2D eigenvalue weighted by Gasteiger charge is -2.13. The average molecular weight is 214 g/mol. The third-order valence-corrected chi connectivity index (χ3v) is 2.76. The van der Waals surface area contributed by atoms with E-state index in [1.54, 1.807) is 0 Å². The number of allylic oxidation sites excluding steroid dienone is 4. The number of benzene rings is 1. The van der Waals surface area contributed by atoms with Gasteiger partial charge in [0.25, 0.3) is 0 Å². The molecule has 1 aromatic rings. The standard InChI is InChI=1S/C14H16.C2H6/c1-11-6-5-8-13(10-11)14-9-4-3-7-12(14)2;1-2/h4-6,8-10H,3,7H2,1-2H3;1-2H3. The second kappa shape index (κ2) is 6.32. The monoisotopic (exact) mass is 214 g/mol. The van der Waals surface area contributed by atoms with Crippen LogP contribution in [-0.4, -0.2) is 0 Å². The van der Waals surface area contributed by atoms with E-state index in [9.17, 15) is 0 Å². The SMILES string of the molecule is CC.CC1=C(c2cccc(C)c2)C=CCC1. The predicted octanol–water partition coefficient (Wildman–Crippen LogP) is 5.14. The molecule has 0 spiro atoms. The van der Waals surface area contributed by atoms with Gasteiger partial charge in [0.1, 0.15) is 0 Å². The van der Waals surface area contributed by atoms with E-state index in [4.69, 9.17) is 0 Å². The Morgan fingerprint density at radius 3 is 2.44 bits per heavy atom. The quantitative estimate of drug-likeness (QED) is 0.607. The van der Waals surface area contributed by atoms with Crippen LogP contribution in [0.4, 0.5) is 0 Å². The molecule has 0 aromatic heterocycles. The van der Waals surface area contributed by atoms with Crippen molar-refractivity contribution in [2.45, 2.75) is 40.5 Å². The predicted molar refractivity (Wildman–Crippen MR) is 73.5 cm³/mol. The zero-order chi connectivity index (χ0) is 12.0. The molecule has 0 heterocycles. The van der Waals surface area contributed by atoms with E-state index < -0.39 is 0 Å². The van der Waals surface area contributed by atoms with E-state index in [1.807, 2.05) is 13.8 Å². The Labute approximate surface area is 99.7 Å². The van der Waals surface area contributed by atoms with Crippen molar-refractivity contribution in [3.05, 3.63) is 53.1 Å². The molecule has 0 unspecified atom stereocenters. The van der Waals surface area contributed by atoms with Gasteiger partial charge in [-0.1, -0.05) is 61.4 Å². The second-order valence-corrected chi connectivity index (χ2v) is 4.00. The second-order valence-electron chi connectivity index (χ2n) is 4.00. The molecule has 0 atom stereocenters. The van der Waals surface area contributed by atoms with E-state index in [2.05, 4.69) is 50.3 Å². The molecule has 86 valence electrons. The lowest BCUT2D eigenvalue weighted by atomic mass is 9.93. The molecule has 0 N–H and O–H groups in total. The van der Waals surface area contributed by atoms with E-state index in [0.717, 1.165) is 0 Å². The van der Waals surface area contributed by atoms with Gasteiger partial charge in [0.2, 0.25) is 0 Å². The molecule has 16 heavy (non-hydrogen) atoms. The van der Waals surface area contributed by atoms with E-state index in [-0.39, 0.29) is 0 Å². The summed E-state index contributed by atoms with van der Waals surface area (Å²) < 4.78 is 0. The maximum absolute atomic E-state index is 2.27. The highest BCUT2D eigenvalue weighted by molar-refractivity contribution is 5.77. The Balaban J connectivity index is 0.000000606. The molecule has 0 aliphatic heterocycles. The molecule has 0 amide bonds. The Morgan fingerprint density at radius 1 is 1.06 bits per heavy atom.